The number of carbonyl (C=O) groups is 1. The SMILES string of the molecule is CC1CC(C(=O)O)CCN1S(=O)(=O)c1ccccc1F. The average Bonchev–Trinajstić information content (AvgIpc) is 2.38. The Labute approximate surface area is 117 Å². The smallest absolute Gasteiger partial charge is 0.306 e. The summed E-state index contributed by atoms with van der Waals surface area (Å²) >= 11 is 0. The van der Waals surface area contributed by atoms with E-state index in [-0.39, 0.29) is 24.3 Å². The molecule has 2 unspecified atom stereocenters. The van der Waals surface area contributed by atoms with Crippen molar-refractivity contribution in [3.8, 4) is 0 Å². The quantitative estimate of drug-likeness (QED) is 0.922. The van der Waals surface area contributed by atoms with E-state index in [0.29, 0.717) is 0 Å². The van der Waals surface area contributed by atoms with Gasteiger partial charge in [0, 0.05) is 12.6 Å². The number of carboxylic acid groups (broad SMARTS) is 1. The summed E-state index contributed by atoms with van der Waals surface area (Å²) in [7, 11) is -3.93. The van der Waals surface area contributed by atoms with Crippen molar-refractivity contribution in [1.29, 1.82) is 0 Å². The molecule has 20 heavy (non-hydrogen) atoms. The second kappa shape index (κ2) is 5.49. The molecule has 1 N–H and O–H groups in total. The minimum absolute atomic E-state index is 0.0921. The first-order valence-corrected chi connectivity index (χ1v) is 7.77. The molecule has 0 aliphatic carbocycles. The van der Waals surface area contributed by atoms with Gasteiger partial charge in [-0.15, -0.1) is 0 Å². The fourth-order valence-electron chi connectivity index (χ4n) is 2.51. The predicted octanol–water partition coefficient (Wildman–Crippen LogP) is 1.70. The van der Waals surface area contributed by atoms with Gasteiger partial charge in [0.1, 0.15) is 10.7 Å². The molecule has 0 spiro atoms. The molecule has 1 heterocycles. The second-order valence-electron chi connectivity index (χ2n) is 4.95. The lowest BCUT2D eigenvalue weighted by Crippen LogP contribution is -2.46. The largest absolute Gasteiger partial charge is 0.481 e. The van der Waals surface area contributed by atoms with E-state index < -0.39 is 33.8 Å². The van der Waals surface area contributed by atoms with Gasteiger partial charge in [-0.3, -0.25) is 4.79 Å². The summed E-state index contributed by atoms with van der Waals surface area (Å²) in [5.41, 5.74) is 0. The maximum Gasteiger partial charge on any atom is 0.306 e. The zero-order valence-corrected chi connectivity index (χ0v) is 11.8. The fourth-order valence-corrected chi connectivity index (χ4v) is 4.24. The topological polar surface area (TPSA) is 74.7 Å². The highest BCUT2D eigenvalue weighted by Crippen LogP contribution is 2.29. The van der Waals surface area contributed by atoms with Crippen molar-refractivity contribution in [2.45, 2.75) is 30.7 Å². The number of halogens is 1. The third kappa shape index (κ3) is 2.69. The zero-order valence-electron chi connectivity index (χ0n) is 11.0. The number of carboxylic acids is 1. The Bertz CT molecular complexity index is 617. The van der Waals surface area contributed by atoms with Gasteiger partial charge in [-0.25, -0.2) is 12.8 Å². The minimum Gasteiger partial charge on any atom is -0.481 e. The summed E-state index contributed by atoms with van der Waals surface area (Å²) in [4.78, 5) is 10.6. The van der Waals surface area contributed by atoms with Gasteiger partial charge in [0.05, 0.1) is 5.92 Å². The van der Waals surface area contributed by atoms with Crippen LogP contribution in [0.15, 0.2) is 29.2 Å². The van der Waals surface area contributed by atoms with Crippen molar-refractivity contribution >= 4 is 16.0 Å². The van der Waals surface area contributed by atoms with Crippen molar-refractivity contribution in [2.75, 3.05) is 6.54 Å². The Kier molecular flexibility index (Phi) is 4.10. The molecule has 1 saturated heterocycles. The maximum atomic E-state index is 13.7. The Morgan fingerprint density at radius 1 is 1.40 bits per heavy atom. The van der Waals surface area contributed by atoms with Gasteiger partial charge in [-0.2, -0.15) is 4.31 Å². The Balaban J connectivity index is 2.28. The van der Waals surface area contributed by atoms with Gasteiger partial charge in [-0.1, -0.05) is 12.1 Å². The lowest BCUT2D eigenvalue weighted by Gasteiger charge is -2.35. The molecule has 110 valence electrons. The molecule has 1 aromatic carbocycles. The van der Waals surface area contributed by atoms with E-state index in [1.54, 1.807) is 6.92 Å². The minimum atomic E-state index is -3.93. The van der Waals surface area contributed by atoms with Crippen molar-refractivity contribution in [2.24, 2.45) is 5.92 Å². The number of nitrogens with zero attached hydrogens (tertiary/aromatic N) is 1. The van der Waals surface area contributed by atoms with Gasteiger partial charge >= 0.3 is 5.97 Å². The van der Waals surface area contributed by atoms with E-state index in [1.165, 1.54) is 22.5 Å². The highest BCUT2D eigenvalue weighted by atomic mass is 32.2. The molecule has 0 saturated carbocycles. The molecule has 0 aromatic heterocycles. The lowest BCUT2D eigenvalue weighted by atomic mass is 9.93. The van der Waals surface area contributed by atoms with Gasteiger partial charge < -0.3 is 5.11 Å². The molecular weight excluding hydrogens is 285 g/mol. The molecular formula is C13H16FNO4S. The highest BCUT2D eigenvalue weighted by molar-refractivity contribution is 7.89. The normalized spacial score (nSPS) is 24.5. The first kappa shape index (κ1) is 14.9. The average molecular weight is 301 g/mol. The van der Waals surface area contributed by atoms with Crippen molar-refractivity contribution in [1.82, 2.24) is 4.31 Å². The molecule has 2 atom stereocenters. The third-order valence-corrected chi connectivity index (χ3v) is 5.63. The maximum absolute atomic E-state index is 13.7. The van der Waals surface area contributed by atoms with Crippen LogP contribution in [0, 0.1) is 11.7 Å². The van der Waals surface area contributed by atoms with Crippen LogP contribution in [0.3, 0.4) is 0 Å². The van der Waals surface area contributed by atoms with Crippen LogP contribution in [-0.2, 0) is 14.8 Å². The summed E-state index contributed by atoms with van der Waals surface area (Å²) in [6.07, 6.45) is 0.483. The zero-order chi connectivity index (χ0) is 14.9. The van der Waals surface area contributed by atoms with E-state index in [9.17, 15) is 17.6 Å². The molecule has 7 heteroatoms. The molecule has 1 aliphatic rings. The van der Waals surface area contributed by atoms with Crippen LogP contribution in [0.25, 0.3) is 0 Å². The van der Waals surface area contributed by atoms with Gasteiger partial charge in [0.25, 0.3) is 0 Å². The Morgan fingerprint density at radius 2 is 2.05 bits per heavy atom. The number of hydrogen-bond donors (Lipinski definition) is 1. The van der Waals surface area contributed by atoms with Crippen LogP contribution in [0.4, 0.5) is 4.39 Å². The van der Waals surface area contributed by atoms with E-state index in [1.807, 2.05) is 0 Å². The number of hydrogen-bond acceptors (Lipinski definition) is 3. The molecule has 1 fully saturated rings. The Morgan fingerprint density at radius 3 is 2.60 bits per heavy atom. The summed E-state index contributed by atoms with van der Waals surface area (Å²) < 4.78 is 39.7. The third-order valence-electron chi connectivity index (χ3n) is 3.59. The molecule has 2 rings (SSSR count). The summed E-state index contributed by atoms with van der Waals surface area (Å²) in [6.45, 7) is 1.74. The molecule has 0 amide bonds. The van der Waals surface area contributed by atoms with Crippen LogP contribution in [0.1, 0.15) is 19.8 Å². The molecule has 0 bridgehead atoms. The molecule has 5 nitrogen and oxygen atoms in total. The standard InChI is InChI=1S/C13H16FNO4S/c1-9-8-10(13(16)17)6-7-15(9)20(18,19)12-5-3-2-4-11(12)14/h2-5,9-10H,6-8H2,1H3,(H,16,17). The first-order chi connectivity index (χ1) is 9.34. The highest BCUT2D eigenvalue weighted by Gasteiger charge is 2.37. The molecule has 1 aromatic rings. The van der Waals surface area contributed by atoms with E-state index >= 15 is 0 Å². The number of aliphatic carboxylic acids is 1. The van der Waals surface area contributed by atoms with Crippen LogP contribution >= 0.6 is 0 Å². The van der Waals surface area contributed by atoms with Crippen LogP contribution in [0.2, 0.25) is 0 Å². The Hall–Kier alpha value is -1.47. The number of benzene rings is 1. The van der Waals surface area contributed by atoms with Crippen LogP contribution in [-0.4, -0.2) is 36.4 Å². The fraction of sp³-hybridized carbons (Fsp3) is 0.462. The molecule has 1 aliphatic heterocycles. The number of rotatable bonds is 3. The number of sulfonamides is 1. The predicted molar refractivity (Wildman–Crippen MR) is 70.1 cm³/mol. The van der Waals surface area contributed by atoms with E-state index in [0.717, 1.165) is 6.07 Å². The first-order valence-electron chi connectivity index (χ1n) is 6.33. The van der Waals surface area contributed by atoms with Gasteiger partial charge in [-0.05, 0) is 31.9 Å². The summed E-state index contributed by atoms with van der Waals surface area (Å²) in [5.74, 6) is -2.25. The summed E-state index contributed by atoms with van der Waals surface area (Å²) in [6, 6.07) is 4.75. The van der Waals surface area contributed by atoms with Gasteiger partial charge in [0.15, 0.2) is 0 Å². The van der Waals surface area contributed by atoms with Crippen molar-refractivity contribution in [3.05, 3.63) is 30.1 Å². The summed E-state index contributed by atoms with van der Waals surface area (Å²) in [5, 5.41) is 8.98. The monoisotopic (exact) mass is 301 g/mol. The van der Waals surface area contributed by atoms with E-state index in [4.69, 9.17) is 5.11 Å². The van der Waals surface area contributed by atoms with Crippen LogP contribution < -0.4 is 0 Å². The lowest BCUT2D eigenvalue weighted by molar-refractivity contribution is -0.143. The molecule has 0 radical (unpaired) electrons. The number of piperidine rings is 1. The second-order valence-corrected chi connectivity index (χ2v) is 6.81. The van der Waals surface area contributed by atoms with Crippen molar-refractivity contribution < 1.29 is 22.7 Å². The van der Waals surface area contributed by atoms with Gasteiger partial charge in [0.2, 0.25) is 10.0 Å². The van der Waals surface area contributed by atoms with Crippen molar-refractivity contribution in [3.63, 3.8) is 0 Å². The van der Waals surface area contributed by atoms with Crippen LogP contribution in [0.5, 0.6) is 0 Å². The van der Waals surface area contributed by atoms with E-state index in [2.05, 4.69) is 0 Å².